The molecule has 1 unspecified atom stereocenters. The Hall–Kier alpha value is -1.12. The molecule has 0 bridgehead atoms. The van der Waals surface area contributed by atoms with Crippen LogP contribution in [0.15, 0.2) is 27.6 Å². The second kappa shape index (κ2) is 6.33. The number of ether oxygens (including phenoxy) is 1. The summed E-state index contributed by atoms with van der Waals surface area (Å²) in [6.07, 6.45) is 1.11. The van der Waals surface area contributed by atoms with Crippen LogP contribution in [0.1, 0.15) is 19.8 Å². The molecule has 1 saturated heterocycles. The number of hydrogen-bond acceptors (Lipinski definition) is 5. The number of nitrogen functional groups attached to an aromatic ring is 1. The van der Waals surface area contributed by atoms with Gasteiger partial charge in [-0.2, -0.15) is 4.31 Å². The van der Waals surface area contributed by atoms with E-state index in [-0.39, 0.29) is 11.5 Å². The summed E-state index contributed by atoms with van der Waals surface area (Å²) in [5.41, 5.74) is 6.07. The Morgan fingerprint density at radius 1 is 1.52 bits per heavy atom. The number of halogens is 1. The van der Waals surface area contributed by atoms with E-state index in [9.17, 15) is 13.2 Å². The van der Waals surface area contributed by atoms with Crippen LogP contribution in [0.2, 0.25) is 0 Å². The monoisotopic (exact) mass is 376 g/mol. The number of sulfonamides is 1. The van der Waals surface area contributed by atoms with E-state index in [4.69, 9.17) is 10.5 Å². The third kappa shape index (κ3) is 3.22. The number of rotatable bonds is 4. The van der Waals surface area contributed by atoms with E-state index in [1.807, 2.05) is 0 Å². The second-order valence-electron chi connectivity index (χ2n) is 4.71. The van der Waals surface area contributed by atoms with E-state index in [1.54, 1.807) is 13.0 Å². The molecule has 1 fully saturated rings. The standard InChI is InChI=1S/C13H17BrN2O4S/c1-2-20-13(17)12-4-3-7-16(12)21(18,19)9-5-6-10(14)11(15)8-9/h5-6,8,12H,2-4,7,15H2,1H3. The van der Waals surface area contributed by atoms with Crippen molar-refractivity contribution in [2.24, 2.45) is 0 Å². The van der Waals surface area contributed by atoms with Crippen LogP contribution in [-0.4, -0.2) is 37.9 Å². The van der Waals surface area contributed by atoms with Crippen LogP contribution in [0.5, 0.6) is 0 Å². The molecule has 6 nitrogen and oxygen atoms in total. The van der Waals surface area contributed by atoms with Gasteiger partial charge in [-0.3, -0.25) is 4.79 Å². The van der Waals surface area contributed by atoms with E-state index < -0.39 is 22.0 Å². The number of hydrogen-bond donors (Lipinski definition) is 1. The minimum absolute atomic E-state index is 0.0828. The Balaban J connectivity index is 2.33. The lowest BCUT2D eigenvalue weighted by Crippen LogP contribution is -2.41. The number of carbonyl (C=O) groups excluding carboxylic acids is 1. The topological polar surface area (TPSA) is 89.7 Å². The van der Waals surface area contributed by atoms with Gasteiger partial charge in [0.15, 0.2) is 0 Å². The summed E-state index contributed by atoms with van der Waals surface area (Å²) in [4.78, 5) is 12.0. The van der Waals surface area contributed by atoms with Gasteiger partial charge in [0.1, 0.15) is 6.04 Å². The average molecular weight is 377 g/mol. The predicted molar refractivity (Wildman–Crippen MR) is 82.1 cm³/mol. The minimum atomic E-state index is -3.76. The van der Waals surface area contributed by atoms with Crippen molar-refractivity contribution >= 4 is 37.6 Å². The Kier molecular flexibility index (Phi) is 4.90. The zero-order chi connectivity index (χ0) is 15.6. The summed E-state index contributed by atoms with van der Waals surface area (Å²) in [7, 11) is -3.76. The molecule has 1 aliphatic rings. The summed E-state index contributed by atoms with van der Waals surface area (Å²) >= 11 is 3.23. The summed E-state index contributed by atoms with van der Waals surface area (Å²) in [5, 5.41) is 0. The molecule has 1 aliphatic heterocycles. The van der Waals surface area contributed by atoms with Crippen molar-refractivity contribution in [3.63, 3.8) is 0 Å². The Labute approximate surface area is 132 Å². The van der Waals surface area contributed by atoms with Crippen molar-refractivity contribution in [1.82, 2.24) is 4.31 Å². The quantitative estimate of drug-likeness (QED) is 0.638. The van der Waals surface area contributed by atoms with E-state index in [0.717, 1.165) is 0 Å². The number of nitrogens with two attached hydrogens (primary N) is 1. The van der Waals surface area contributed by atoms with E-state index in [2.05, 4.69) is 15.9 Å². The highest BCUT2D eigenvalue weighted by Gasteiger charge is 2.40. The first-order chi connectivity index (χ1) is 9.87. The molecule has 1 heterocycles. The van der Waals surface area contributed by atoms with Crippen LogP contribution in [0, 0.1) is 0 Å². The maximum absolute atomic E-state index is 12.7. The van der Waals surface area contributed by atoms with Gasteiger partial charge in [0.05, 0.1) is 11.5 Å². The number of anilines is 1. The molecule has 0 aromatic heterocycles. The average Bonchev–Trinajstić information content (AvgIpc) is 2.92. The first-order valence-electron chi connectivity index (χ1n) is 6.61. The van der Waals surface area contributed by atoms with Crippen molar-refractivity contribution in [1.29, 1.82) is 0 Å². The summed E-state index contributed by atoms with van der Waals surface area (Å²) in [6.45, 7) is 2.23. The zero-order valence-corrected chi connectivity index (χ0v) is 14.0. The van der Waals surface area contributed by atoms with Crippen molar-refractivity contribution in [3.05, 3.63) is 22.7 Å². The van der Waals surface area contributed by atoms with Crippen molar-refractivity contribution in [2.75, 3.05) is 18.9 Å². The van der Waals surface area contributed by atoms with Gasteiger partial charge in [-0.05, 0) is 53.9 Å². The molecule has 1 aromatic rings. The second-order valence-corrected chi connectivity index (χ2v) is 7.45. The van der Waals surface area contributed by atoms with Gasteiger partial charge in [0, 0.05) is 16.7 Å². The lowest BCUT2D eigenvalue weighted by atomic mass is 10.2. The molecular weight excluding hydrogens is 360 g/mol. The van der Waals surface area contributed by atoms with Crippen LogP contribution in [0.25, 0.3) is 0 Å². The highest BCUT2D eigenvalue weighted by atomic mass is 79.9. The van der Waals surface area contributed by atoms with E-state index in [0.29, 0.717) is 29.5 Å². The Bertz CT molecular complexity index is 648. The lowest BCUT2D eigenvalue weighted by molar-refractivity contribution is -0.146. The van der Waals surface area contributed by atoms with Crippen molar-refractivity contribution < 1.29 is 17.9 Å². The van der Waals surface area contributed by atoms with Crippen LogP contribution in [0.4, 0.5) is 5.69 Å². The lowest BCUT2D eigenvalue weighted by Gasteiger charge is -2.22. The molecule has 21 heavy (non-hydrogen) atoms. The van der Waals surface area contributed by atoms with Crippen molar-refractivity contribution in [2.45, 2.75) is 30.7 Å². The fourth-order valence-electron chi connectivity index (χ4n) is 2.32. The normalized spacial score (nSPS) is 19.6. The SMILES string of the molecule is CCOC(=O)C1CCCN1S(=O)(=O)c1ccc(Br)c(N)c1. The van der Waals surface area contributed by atoms with Gasteiger partial charge >= 0.3 is 5.97 Å². The molecule has 0 spiro atoms. The molecule has 0 saturated carbocycles. The Morgan fingerprint density at radius 3 is 2.86 bits per heavy atom. The largest absolute Gasteiger partial charge is 0.465 e. The smallest absolute Gasteiger partial charge is 0.324 e. The van der Waals surface area contributed by atoms with Gasteiger partial charge in [-0.15, -0.1) is 0 Å². The third-order valence-corrected chi connectivity index (χ3v) is 5.96. The van der Waals surface area contributed by atoms with Crippen LogP contribution < -0.4 is 5.73 Å². The molecule has 0 radical (unpaired) electrons. The number of carbonyl (C=O) groups is 1. The summed E-state index contributed by atoms with van der Waals surface area (Å²) in [5.74, 6) is -0.497. The maximum atomic E-state index is 12.7. The molecule has 8 heteroatoms. The van der Waals surface area contributed by atoms with Crippen LogP contribution in [-0.2, 0) is 19.6 Å². The molecule has 2 rings (SSSR count). The van der Waals surface area contributed by atoms with E-state index in [1.165, 1.54) is 16.4 Å². The highest BCUT2D eigenvalue weighted by Crippen LogP contribution is 2.29. The number of esters is 1. The maximum Gasteiger partial charge on any atom is 0.324 e. The summed E-state index contributed by atoms with van der Waals surface area (Å²) < 4.78 is 32.1. The Morgan fingerprint density at radius 2 is 2.24 bits per heavy atom. The van der Waals surface area contributed by atoms with Crippen molar-refractivity contribution in [3.8, 4) is 0 Å². The molecule has 1 aromatic carbocycles. The zero-order valence-electron chi connectivity index (χ0n) is 11.6. The molecule has 2 N–H and O–H groups in total. The fourth-order valence-corrected chi connectivity index (χ4v) is 4.25. The predicted octanol–water partition coefficient (Wildman–Crippen LogP) is 1.75. The molecule has 0 amide bonds. The van der Waals surface area contributed by atoms with E-state index >= 15 is 0 Å². The first-order valence-corrected chi connectivity index (χ1v) is 8.84. The van der Waals surface area contributed by atoms with Gasteiger partial charge in [-0.1, -0.05) is 0 Å². The van der Waals surface area contributed by atoms with Gasteiger partial charge in [-0.25, -0.2) is 8.42 Å². The van der Waals surface area contributed by atoms with Crippen LogP contribution >= 0.6 is 15.9 Å². The van der Waals surface area contributed by atoms with Gasteiger partial charge in [0.25, 0.3) is 0 Å². The minimum Gasteiger partial charge on any atom is -0.465 e. The third-order valence-electron chi connectivity index (χ3n) is 3.34. The number of nitrogens with zero attached hydrogens (tertiary/aromatic N) is 1. The van der Waals surface area contributed by atoms with Crippen LogP contribution in [0.3, 0.4) is 0 Å². The molecule has 0 aliphatic carbocycles. The molecule has 1 atom stereocenters. The number of benzene rings is 1. The van der Waals surface area contributed by atoms with Gasteiger partial charge in [0.2, 0.25) is 10.0 Å². The first kappa shape index (κ1) is 16.3. The highest BCUT2D eigenvalue weighted by molar-refractivity contribution is 9.10. The van der Waals surface area contributed by atoms with Gasteiger partial charge < -0.3 is 10.5 Å². The molecule has 116 valence electrons. The summed E-state index contributed by atoms with van der Waals surface area (Å²) in [6, 6.07) is 3.69. The fraction of sp³-hybridized carbons (Fsp3) is 0.462. The molecular formula is C13H17BrN2O4S.